The van der Waals surface area contributed by atoms with Gasteiger partial charge in [0.2, 0.25) is 5.82 Å². The van der Waals surface area contributed by atoms with Gasteiger partial charge < -0.3 is 9.63 Å². The van der Waals surface area contributed by atoms with Crippen molar-refractivity contribution in [1.29, 1.82) is 0 Å². The van der Waals surface area contributed by atoms with Crippen molar-refractivity contribution in [2.75, 3.05) is 0 Å². The van der Waals surface area contributed by atoms with Crippen molar-refractivity contribution < 1.29 is 14.4 Å². The highest BCUT2D eigenvalue weighted by Gasteiger charge is 2.12. The molecule has 2 heterocycles. The van der Waals surface area contributed by atoms with Crippen molar-refractivity contribution in [3.8, 4) is 23.0 Å². The number of carboxylic acid groups (broad SMARTS) is 1. The number of carboxylic acids is 1. The maximum Gasteiger partial charge on any atom is 0.335 e. The Bertz CT molecular complexity index is 702. The zero-order valence-corrected chi connectivity index (χ0v) is 9.44. The number of H-pyrrole nitrogens is 1. The molecule has 19 heavy (non-hydrogen) atoms. The second-order valence-electron chi connectivity index (χ2n) is 3.66. The number of nitrogens with one attached hydrogen (secondary N) is 1. The van der Waals surface area contributed by atoms with Gasteiger partial charge in [-0.1, -0.05) is 5.16 Å². The second kappa shape index (κ2) is 4.33. The lowest BCUT2D eigenvalue weighted by molar-refractivity contribution is 0.0697. The van der Waals surface area contributed by atoms with Crippen LogP contribution in [0.25, 0.3) is 23.0 Å². The Kier molecular flexibility index (Phi) is 2.53. The monoisotopic (exact) mass is 257 g/mol. The predicted octanol–water partition coefficient (Wildman–Crippen LogP) is 1.22. The van der Waals surface area contributed by atoms with Crippen LogP contribution >= 0.6 is 0 Å². The van der Waals surface area contributed by atoms with Crippen LogP contribution in [0.1, 0.15) is 10.4 Å². The molecular weight excluding hydrogens is 250 g/mol. The van der Waals surface area contributed by atoms with E-state index < -0.39 is 5.97 Å². The first-order chi connectivity index (χ1) is 9.24. The topological polar surface area (TPSA) is 118 Å². The van der Waals surface area contributed by atoms with Crippen molar-refractivity contribution in [2.24, 2.45) is 0 Å². The summed E-state index contributed by atoms with van der Waals surface area (Å²) in [5.41, 5.74) is 1.30. The van der Waals surface area contributed by atoms with E-state index in [1.807, 2.05) is 0 Å². The van der Waals surface area contributed by atoms with Gasteiger partial charge >= 0.3 is 5.97 Å². The van der Waals surface area contributed by atoms with E-state index in [1.54, 1.807) is 12.1 Å². The van der Waals surface area contributed by atoms with Crippen LogP contribution in [0.4, 0.5) is 0 Å². The first-order valence-corrected chi connectivity index (χ1v) is 5.27. The summed E-state index contributed by atoms with van der Waals surface area (Å²) >= 11 is 0. The SMILES string of the molecule is O=C(O)c1ccc(-c2nc(-c3cn[nH]n3)no2)cc1. The van der Waals surface area contributed by atoms with E-state index in [4.69, 9.17) is 9.63 Å². The Morgan fingerprint density at radius 3 is 2.68 bits per heavy atom. The highest BCUT2D eigenvalue weighted by Crippen LogP contribution is 2.20. The molecule has 2 N–H and O–H groups in total. The van der Waals surface area contributed by atoms with Crippen LogP contribution in [0.3, 0.4) is 0 Å². The van der Waals surface area contributed by atoms with E-state index in [0.717, 1.165) is 0 Å². The molecule has 0 fully saturated rings. The molecule has 0 spiro atoms. The van der Waals surface area contributed by atoms with Crippen molar-refractivity contribution in [3.05, 3.63) is 36.0 Å². The predicted molar refractivity (Wildman–Crippen MR) is 62.1 cm³/mol. The zero-order valence-electron chi connectivity index (χ0n) is 9.44. The van der Waals surface area contributed by atoms with Gasteiger partial charge in [-0.2, -0.15) is 20.4 Å². The molecule has 0 aliphatic heterocycles. The highest BCUT2D eigenvalue weighted by atomic mass is 16.5. The van der Waals surface area contributed by atoms with Gasteiger partial charge in [0.25, 0.3) is 5.89 Å². The van der Waals surface area contributed by atoms with Gasteiger partial charge in [0.15, 0.2) is 5.69 Å². The summed E-state index contributed by atoms with van der Waals surface area (Å²) in [5, 5.41) is 22.5. The highest BCUT2D eigenvalue weighted by molar-refractivity contribution is 5.88. The average molecular weight is 257 g/mol. The number of aromatic amines is 1. The van der Waals surface area contributed by atoms with Crippen LogP contribution in [0, 0.1) is 0 Å². The number of carbonyl (C=O) groups is 1. The van der Waals surface area contributed by atoms with E-state index in [9.17, 15) is 4.79 Å². The number of hydrogen-bond donors (Lipinski definition) is 2. The maximum absolute atomic E-state index is 10.7. The van der Waals surface area contributed by atoms with E-state index in [2.05, 4.69) is 25.6 Å². The Morgan fingerprint density at radius 1 is 1.26 bits per heavy atom. The molecule has 0 unspecified atom stereocenters. The van der Waals surface area contributed by atoms with E-state index >= 15 is 0 Å². The molecule has 0 aliphatic carbocycles. The summed E-state index contributed by atoms with van der Waals surface area (Å²) < 4.78 is 5.08. The number of aromatic nitrogens is 5. The summed E-state index contributed by atoms with van der Waals surface area (Å²) in [7, 11) is 0. The van der Waals surface area contributed by atoms with Crippen molar-refractivity contribution in [1.82, 2.24) is 25.6 Å². The van der Waals surface area contributed by atoms with Crippen molar-refractivity contribution in [3.63, 3.8) is 0 Å². The number of nitrogens with zero attached hydrogens (tertiary/aromatic N) is 4. The maximum atomic E-state index is 10.7. The lowest BCUT2D eigenvalue weighted by Crippen LogP contribution is -1.94. The fourth-order valence-corrected chi connectivity index (χ4v) is 1.51. The molecule has 0 radical (unpaired) electrons. The molecule has 94 valence electrons. The molecule has 0 aliphatic rings. The average Bonchev–Trinajstić information content (AvgIpc) is 3.10. The van der Waals surface area contributed by atoms with Gasteiger partial charge in [-0.15, -0.1) is 0 Å². The third kappa shape index (κ3) is 2.06. The molecule has 0 atom stereocenters. The number of benzene rings is 1. The minimum Gasteiger partial charge on any atom is -0.478 e. The summed E-state index contributed by atoms with van der Waals surface area (Å²) in [6.07, 6.45) is 1.47. The summed E-state index contributed by atoms with van der Waals surface area (Å²) in [6.45, 7) is 0. The van der Waals surface area contributed by atoms with Gasteiger partial charge in [-0.3, -0.25) is 0 Å². The van der Waals surface area contributed by atoms with Crippen LogP contribution in [0.15, 0.2) is 35.0 Å². The first kappa shape index (κ1) is 11.1. The molecule has 0 bridgehead atoms. The van der Waals surface area contributed by atoms with Crippen molar-refractivity contribution >= 4 is 5.97 Å². The van der Waals surface area contributed by atoms with Gasteiger partial charge in [0.05, 0.1) is 11.8 Å². The van der Waals surface area contributed by atoms with Crippen molar-refractivity contribution in [2.45, 2.75) is 0 Å². The summed E-state index contributed by atoms with van der Waals surface area (Å²) in [6, 6.07) is 6.14. The molecule has 8 nitrogen and oxygen atoms in total. The zero-order chi connectivity index (χ0) is 13.2. The third-order valence-electron chi connectivity index (χ3n) is 2.45. The largest absolute Gasteiger partial charge is 0.478 e. The van der Waals surface area contributed by atoms with Gasteiger partial charge in [0, 0.05) is 5.56 Å². The molecule has 0 amide bonds. The standard InChI is InChI=1S/C11H7N5O3/c17-11(18)7-3-1-6(2-4-7)10-13-9(15-19-10)8-5-12-16-14-8/h1-5H,(H,17,18)(H,12,14,16). The normalized spacial score (nSPS) is 10.5. The molecule has 8 heteroatoms. The Hall–Kier alpha value is -3.03. The molecule has 3 rings (SSSR count). The lowest BCUT2D eigenvalue weighted by Gasteiger charge is -1.95. The van der Waals surface area contributed by atoms with Crippen LogP contribution in [0.2, 0.25) is 0 Å². The van der Waals surface area contributed by atoms with Crippen LogP contribution < -0.4 is 0 Å². The fraction of sp³-hybridized carbons (Fsp3) is 0. The molecule has 0 saturated carbocycles. The van der Waals surface area contributed by atoms with E-state index in [1.165, 1.54) is 18.3 Å². The first-order valence-electron chi connectivity index (χ1n) is 5.27. The van der Waals surface area contributed by atoms with E-state index in [0.29, 0.717) is 17.1 Å². The third-order valence-corrected chi connectivity index (χ3v) is 2.45. The lowest BCUT2D eigenvalue weighted by atomic mass is 10.1. The molecular formula is C11H7N5O3. The second-order valence-corrected chi connectivity index (χ2v) is 3.66. The minimum absolute atomic E-state index is 0.194. The summed E-state index contributed by atoms with van der Waals surface area (Å²) in [4.78, 5) is 14.9. The number of hydrogen-bond acceptors (Lipinski definition) is 6. The van der Waals surface area contributed by atoms with E-state index in [-0.39, 0.29) is 11.5 Å². The number of rotatable bonds is 3. The molecule has 2 aromatic heterocycles. The van der Waals surface area contributed by atoms with Gasteiger partial charge in [-0.25, -0.2) is 4.79 Å². The Labute approximate surface area is 106 Å². The van der Waals surface area contributed by atoms with Gasteiger partial charge in [0.1, 0.15) is 0 Å². The minimum atomic E-state index is -0.986. The summed E-state index contributed by atoms with van der Waals surface area (Å²) in [5.74, 6) is -0.388. The van der Waals surface area contributed by atoms with Crippen LogP contribution in [-0.2, 0) is 0 Å². The Morgan fingerprint density at radius 2 is 2.05 bits per heavy atom. The quantitative estimate of drug-likeness (QED) is 0.724. The molecule has 0 saturated heterocycles. The molecule has 1 aromatic carbocycles. The fourth-order valence-electron chi connectivity index (χ4n) is 1.51. The van der Waals surface area contributed by atoms with Gasteiger partial charge in [-0.05, 0) is 24.3 Å². The van der Waals surface area contributed by atoms with Crippen LogP contribution in [0.5, 0.6) is 0 Å². The number of aromatic carboxylic acids is 1. The smallest absolute Gasteiger partial charge is 0.335 e. The van der Waals surface area contributed by atoms with Crippen LogP contribution in [-0.4, -0.2) is 36.6 Å². The molecule has 3 aromatic rings. The Balaban J connectivity index is 1.92.